The van der Waals surface area contributed by atoms with Crippen LogP contribution in [0.25, 0.3) is 0 Å². The SMILES string of the molecule is CCOCCOc1ccc(NC(=O)COc2ccc(Cl)cc2)cc1. The zero-order chi connectivity index (χ0) is 17.2. The maximum absolute atomic E-state index is 11.9. The second kappa shape index (κ2) is 9.80. The molecule has 1 amide bonds. The highest BCUT2D eigenvalue weighted by Crippen LogP contribution is 2.17. The average Bonchev–Trinajstić information content (AvgIpc) is 2.60. The normalized spacial score (nSPS) is 10.2. The predicted octanol–water partition coefficient (Wildman–Crippen LogP) is 3.77. The zero-order valence-corrected chi connectivity index (χ0v) is 14.2. The second-order valence-electron chi connectivity index (χ2n) is 4.86. The first kappa shape index (κ1) is 18.1. The third-order valence-electron chi connectivity index (χ3n) is 3.02. The standard InChI is InChI=1S/C18H20ClNO4/c1-2-22-11-12-23-16-9-5-15(6-10-16)20-18(21)13-24-17-7-3-14(19)4-8-17/h3-10H,2,11-13H2,1H3,(H,20,21). The first-order chi connectivity index (χ1) is 11.7. The molecule has 2 aromatic carbocycles. The van der Waals surface area contributed by atoms with Crippen LogP contribution in [0.3, 0.4) is 0 Å². The second-order valence-corrected chi connectivity index (χ2v) is 5.30. The van der Waals surface area contributed by atoms with Crippen molar-refractivity contribution in [3.05, 3.63) is 53.6 Å². The number of benzene rings is 2. The highest BCUT2D eigenvalue weighted by molar-refractivity contribution is 6.30. The smallest absolute Gasteiger partial charge is 0.262 e. The van der Waals surface area contributed by atoms with Gasteiger partial charge in [0.2, 0.25) is 0 Å². The predicted molar refractivity (Wildman–Crippen MR) is 94.0 cm³/mol. The van der Waals surface area contributed by atoms with Crippen LogP contribution in [0.2, 0.25) is 5.02 Å². The third kappa shape index (κ3) is 6.48. The summed E-state index contributed by atoms with van der Waals surface area (Å²) in [7, 11) is 0. The Bertz CT molecular complexity index is 628. The van der Waals surface area contributed by atoms with Gasteiger partial charge in [-0.1, -0.05) is 11.6 Å². The number of rotatable bonds is 9. The molecule has 0 heterocycles. The Hall–Kier alpha value is -2.24. The zero-order valence-electron chi connectivity index (χ0n) is 13.5. The van der Waals surface area contributed by atoms with E-state index >= 15 is 0 Å². The van der Waals surface area contributed by atoms with Gasteiger partial charge < -0.3 is 19.5 Å². The third-order valence-corrected chi connectivity index (χ3v) is 3.27. The number of amides is 1. The molecule has 0 spiro atoms. The van der Waals surface area contributed by atoms with E-state index in [0.717, 1.165) is 5.75 Å². The van der Waals surface area contributed by atoms with Crippen molar-refractivity contribution in [1.29, 1.82) is 0 Å². The summed E-state index contributed by atoms with van der Waals surface area (Å²) < 4.78 is 16.1. The average molecular weight is 350 g/mol. The van der Waals surface area contributed by atoms with Gasteiger partial charge in [0, 0.05) is 17.3 Å². The van der Waals surface area contributed by atoms with Crippen LogP contribution in [-0.4, -0.2) is 32.3 Å². The van der Waals surface area contributed by atoms with E-state index < -0.39 is 0 Å². The number of anilines is 1. The summed E-state index contributed by atoms with van der Waals surface area (Å²) in [4.78, 5) is 11.9. The van der Waals surface area contributed by atoms with Crippen molar-refractivity contribution in [1.82, 2.24) is 0 Å². The van der Waals surface area contributed by atoms with Gasteiger partial charge in [0.15, 0.2) is 6.61 Å². The van der Waals surface area contributed by atoms with Crippen molar-refractivity contribution in [2.24, 2.45) is 0 Å². The van der Waals surface area contributed by atoms with E-state index in [1.54, 1.807) is 48.5 Å². The van der Waals surface area contributed by atoms with Gasteiger partial charge in [-0.25, -0.2) is 0 Å². The molecule has 2 aromatic rings. The largest absolute Gasteiger partial charge is 0.491 e. The topological polar surface area (TPSA) is 56.8 Å². The van der Waals surface area contributed by atoms with Gasteiger partial charge in [-0.3, -0.25) is 4.79 Å². The fourth-order valence-electron chi connectivity index (χ4n) is 1.87. The number of hydrogen-bond acceptors (Lipinski definition) is 4. The molecule has 0 aliphatic rings. The Balaban J connectivity index is 1.74. The van der Waals surface area contributed by atoms with E-state index in [2.05, 4.69) is 5.32 Å². The molecule has 0 aliphatic carbocycles. The molecule has 128 valence electrons. The highest BCUT2D eigenvalue weighted by Gasteiger charge is 2.04. The molecule has 0 saturated carbocycles. The van der Waals surface area contributed by atoms with E-state index in [1.807, 2.05) is 6.92 Å². The lowest BCUT2D eigenvalue weighted by atomic mass is 10.3. The van der Waals surface area contributed by atoms with E-state index in [-0.39, 0.29) is 12.5 Å². The Morgan fingerprint density at radius 3 is 2.25 bits per heavy atom. The van der Waals surface area contributed by atoms with Gasteiger partial charge >= 0.3 is 0 Å². The molecule has 0 bridgehead atoms. The fraction of sp³-hybridized carbons (Fsp3) is 0.278. The molecule has 0 atom stereocenters. The summed E-state index contributed by atoms with van der Waals surface area (Å²) in [5, 5.41) is 3.38. The maximum atomic E-state index is 11.9. The van der Waals surface area contributed by atoms with Gasteiger partial charge in [-0.15, -0.1) is 0 Å². The minimum Gasteiger partial charge on any atom is -0.491 e. The Labute approximate surface area is 146 Å². The molecule has 6 heteroatoms. The lowest BCUT2D eigenvalue weighted by molar-refractivity contribution is -0.118. The van der Waals surface area contributed by atoms with Gasteiger partial charge in [0.05, 0.1) is 6.61 Å². The van der Waals surface area contributed by atoms with Crippen LogP contribution in [0, 0.1) is 0 Å². The molecule has 0 radical (unpaired) electrons. The van der Waals surface area contributed by atoms with Crippen molar-refractivity contribution < 1.29 is 19.0 Å². The molecule has 24 heavy (non-hydrogen) atoms. The van der Waals surface area contributed by atoms with Gasteiger partial charge in [-0.05, 0) is 55.5 Å². The minimum atomic E-state index is -0.241. The molecule has 0 fully saturated rings. The molecule has 0 aromatic heterocycles. The Kier molecular flexibility index (Phi) is 7.39. The summed E-state index contributed by atoms with van der Waals surface area (Å²) in [6.45, 7) is 3.58. The molecule has 0 aliphatic heterocycles. The molecule has 2 rings (SSSR count). The minimum absolute atomic E-state index is 0.0752. The number of halogens is 1. The summed E-state index contributed by atoms with van der Waals surface area (Å²) in [5.74, 6) is 1.08. The molecular formula is C18H20ClNO4. The molecule has 0 unspecified atom stereocenters. The van der Waals surface area contributed by atoms with Crippen molar-refractivity contribution in [2.75, 3.05) is 31.7 Å². The lowest BCUT2D eigenvalue weighted by Gasteiger charge is -2.09. The first-order valence-corrected chi connectivity index (χ1v) is 8.04. The van der Waals surface area contributed by atoms with Crippen LogP contribution in [0.1, 0.15) is 6.92 Å². The van der Waals surface area contributed by atoms with Crippen LogP contribution in [0.15, 0.2) is 48.5 Å². The van der Waals surface area contributed by atoms with Crippen LogP contribution in [0.5, 0.6) is 11.5 Å². The summed E-state index contributed by atoms with van der Waals surface area (Å²) in [6, 6.07) is 14.0. The maximum Gasteiger partial charge on any atom is 0.262 e. The van der Waals surface area contributed by atoms with Gasteiger partial charge in [0.1, 0.15) is 18.1 Å². The van der Waals surface area contributed by atoms with Crippen LogP contribution < -0.4 is 14.8 Å². The van der Waals surface area contributed by atoms with Crippen molar-refractivity contribution >= 4 is 23.2 Å². The molecule has 0 saturated heterocycles. The van der Waals surface area contributed by atoms with Crippen LogP contribution >= 0.6 is 11.6 Å². The van der Waals surface area contributed by atoms with Crippen molar-refractivity contribution in [3.8, 4) is 11.5 Å². The number of carbonyl (C=O) groups excluding carboxylic acids is 1. The Morgan fingerprint density at radius 1 is 0.958 bits per heavy atom. The van der Waals surface area contributed by atoms with E-state index in [0.29, 0.717) is 36.3 Å². The quantitative estimate of drug-likeness (QED) is 0.700. The van der Waals surface area contributed by atoms with E-state index in [9.17, 15) is 4.79 Å². The van der Waals surface area contributed by atoms with Crippen molar-refractivity contribution in [2.45, 2.75) is 6.92 Å². The fourth-order valence-corrected chi connectivity index (χ4v) is 2.00. The first-order valence-electron chi connectivity index (χ1n) is 7.66. The van der Waals surface area contributed by atoms with Crippen LogP contribution in [0.4, 0.5) is 5.69 Å². The summed E-state index contributed by atoms with van der Waals surface area (Å²) in [5.41, 5.74) is 0.678. The lowest BCUT2D eigenvalue weighted by Crippen LogP contribution is -2.20. The summed E-state index contributed by atoms with van der Waals surface area (Å²) >= 11 is 5.79. The van der Waals surface area contributed by atoms with Gasteiger partial charge in [-0.2, -0.15) is 0 Å². The van der Waals surface area contributed by atoms with E-state index in [1.165, 1.54) is 0 Å². The van der Waals surface area contributed by atoms with Crippen molar-refractivity contribution in [3.63, 3.8) is 0 Å². The molecular weight excluding hydrogens is 330 g/mol. The number of carbonyl (C=O) groups is 1. The highest BCUT2D eigenvalue weighted by atomic mass is 35.5. The monoisotopic (exact) mass is 349 g/mol. The Morgan fingerprint density at radius 2 is 1.58 bits per heavy atom. The van der Waals surface area contributed by atoms with Crippen LogP contribution in [-0.2, 0) is 9.53 Å². The number of ether oxygens (including phenoxy) is 3. The van der Waals surface area contributed by atoms with E-state index in [4.69, 9.17) is 25.8 Å². The molecule has 1 N–H and O–H groups in total. The number of nitrogens with one attached hydrogen (secondary N) is 1. The van der Waals surface area contributed by atoms with Gasteiger partial charge in [0.25, 0.3) is 5.91 Å². The molecule has 5 nitrogen and oxygen atoms in total. The number of hydrogen-bond donors (Lipinski definition) is 1. The summed E-state index contributed by atoms with van der Waals surface area (Å²) in [6.07, 6.45) is 0.